The van der Waals surface area contributed by atoms with E-state index in [9.17, 15) is 0 Å². The quantitative estimate of drug-likeness (QED) is 0.453. The fourth-order valence-corrected chi connectivity index (χ4v) is 2.39. The van der Waals surface area contributed by atoms with E-state index in [0.717, 1.165) is 16.5 Å². The second kappa shape index (κ2) is 5.02. The molecule has 0 aliphatic rings. The molecule has 0 saturated heterocycles. The standard InChI is InChI=1S/C8H6O.C7H5NS/c1-2-4-8-7(3-1)5-6-9-8;1-2-4-7-6(3-1)8-5-9-7/h1-6H;1-5H. The van der Waals surface area contributed by atoms with Crippen molar-refractivity contribution in [1.29, 1.82) is 0 Å². The minimum absolute atomic E-state index is 0.956. The zero-order valence-corrected chi connectivity index (χ0v) is 10.4. The Morgan fingerprint density at radius 2 is 1.72 bits per heavy atom. The van der Waals surface area contributed by atoms with Crippen LogP contribution in [0.2, 0.25) is 0 Å². The molecule has 18 heavy (non-hydrogen) atoms. The smallest absolute Gasteiger partial charge is 0.133 e. The molecule has 0 atom stereocenters. The third kappa shape index (κ3) is 2.26. The number of nitrogens with zero attached hydrogens (tertiary/aromatic N) is 1. The highest BCUT2D eigenvalue weighted by atomic mass is 32.1. The molecule has 0 bridgehead atoms. The van der Waals surface area contributed by atoms with E-state index in [-0.39, 0.29) is 0 Å². The average Bonchev–Trinajstić information content (AvgIpc) is 3.08. The molecule has 0 fully saturated rings. The van der Waals surface area contributed by atoms with Gasteiger partial charge in [-0.25, -0.2) is 4.98 Å². The van der Waals surface area contributed by atoms with Crippen LogP contribution < -0.4 is 0 Å². The summed E-state index contributed by atoms with van der Waals surface area (Å²) in [4.78, 5) is 4.14. The van der Waals surface area contributed by atoms with E-state index in [0.29, 0.717) is 0 Å². The highest BCUT2D eigenvalue weighted by Crippen LogP contribution is 2.15. The van der Waals surface area contributed by atoms with Crippen LogP contribution in [0.15, 0.2) is 70.8 Å². The Hall–Kier alpha value is -2.13. The Morgan fingerprint density at radius 1 is 0.889 bits per heavy atom. The van der Waals surface area contributed by atoms with Gasteiger partial charge in [0.2, 0.25) is 0 Å². The van der Waals surface area contributed by atoms with Crippen LogP contribution in [0.3, 0.4) is 0 Å². The maximum atomic E-state index is 5.12. The molecule has 4 rings (SSSR count). The minimum atomic E-state index is 0.956. The summed E-state index contributed by atoms with van der Waals surface area (Å²) in [6.45, 7) is 0. The first-order chi connectivity index (χ1) is 8.93. The number of benzene rings is 2. The van der Waals surface area contributed by atoms with E-state index in [4.69, 9.17) is 4.42 Å². The van der Waals surface area contributed by atoms with Gasteiger partial charge in [-0.1, -0.05) is 30.3 Å². The summed E-state index contributed by atoms with van der Waals surface area (Å²) in [6.07, 6.45) is 1.70. The summed E-state index contributed by atoms with van der Waals surface area (Å²) in [7, 11) is 0. The van der Waals surface area contributed by atoms with Crippen molar-refractivity contribution < 1.29 is 4.42 Å². The van der Waals surface area contributed by atoms with Crippen molar-refractivity contribution in [2.75, 3.05) is 0 Å². The van der Waals surface area contributed by atoms with Crippen LogP contribution in [0.1, 0.15) is 0 Å². The molecule has 0 saturated carbocycles. The van der Waals surface area contributed by atoms with E-state index < -0.39 is 0 Å². The Balaban J connectivity index is 0.000000111. The van der Waals surface area contributed by atoms with E-state index in [2.05, 4.69) is 11.1 Å². The van der Waals surface area contributed by atoms with Gasteiger partial charge in [0.15, 0.2) is 0 Å². The molecule has 0 aliphatic heterocycles. The van der Waals surface area contributed by atoms with Crippen molar-refractivity contribution in [1.82, 2.24) is 4.98 Å². The molecule has 2 heterocycles. The number of para-hydroxylation sites is 2. The molecule has 2 aromatic carbocycles. The lowest BCUT2D eigenvalue weighted by molar-refractivity contribution is 0.616. The largest absolute Gasteiger partial charge is 0.464 e. The number of hydrogen-bond acceptors (Lipinski definition) is 3. The fourth-order valence-electron chi connectivity index (χ4n) is 1.71. The normalized spacial score (nSPS) is 10.2. The first-order valence-electron chi connectivity index (χ1n) is 5.64. The molecule has 2 aromatic heterocycles. The summed E-state index contributed by atoms with van der Waals surface area (Å²) in [6, 6.07) is 18.0. The van der Waals surface area contributed by atoms with Crippen LogP contribution in [-0.2, 0) is 0 Å². The number of furan rings is 1. The minimum Gasteiger partial charge on any atom is -0.464 e. The second-order valence-electron chi connectivity index (χ2n) is 3.78. The monoisotopic (exact) mass is 253 g/mol. The molecule has 0 spiro atoms. The van der Waals surface area contributed by atoms with E-state index in [1.165, 1.54) is 4.70 Å². The van der Waals surface area contributed by atoms with Gasteiger partial charge in [-0.2, -0.15) is 0 Å². The lowest BCUT2D eigenvalue weighted by atomic mass is 10.3. The van der Waals surface area contributed by atoms with Gasteiger partial charge in [-0.05, 0) is 24.3 Å². The molecule has 3 heteroatoms. The summed E-state index contributed by atoms with van der Waals surface area (Å²) >= 11 is 1.68. The predicted octanol–water partition coefficient (Wildman–Crippen LogP) is 4.73. The van der Waals surface area contributed by atoms with Crippen molar-refractivity contribution in [2.45, 2.75) is 0 Å². The average molecular weight is 253 g/mol. The van der Waals surface area contributed by atoms with Crippen molar-refractivity contribution in [2.24, 2.45) is 0 Å². The first kappa shape index (κ1) is 11.0. The number of thiazole rings is 1. The van der Waals surface area contributed by atoms with Crippen molar-refractivity contribution >= 4 is 32.5 Å². The first-order valence-corrected chi connectivity index (χ1v) is 6.52. The number of rotatable bonds is 0. The molecular formula is C15H11NOS. The third-order valence-electron chi connectivity index (χ3n) is 2.60. The Kier molecular flexibility index (Phi) is 3.07. The molecule has 88 valence electrons. The lowest BCUT2D eigenvalue weighted by Gasteiger charge is -1.81. The molecular weight excluding hydrogens is 242 g/mol. The van der Waals surface area contributed by atoms with Gasteiger partial charge >= 0.3 is 0 Å². The van der Waals surface area contributed by atoms with Crippen LogP contribution in [0.25, 0.3) is 21.2 Å². The number of hydrogen-bond donors (Lipinski definition) is 0. The van der Waals surface area contributed by atoms with Crippen molar-refractivity contribution in [3.8, 4) is 0 Å². The number of aromatic nitrogens is 1. The molecule has 0 amide bonds. The number of fused-ring (bicyclic) bond motifs is 2. The van der Waals surface area contributed by atoms with Crippen LogP contribution in [0.5, 0.6) is 0 Å². The molecule has 0 aliphatic carbocycles. The fraction of sp³-hybridized carbons (Fsp3) is 0. The van der Waals surface area contributed by atoms with E-state index in [1.54, 1.807) is 17.6 Å². The maximum Gasteiger partial charge on any atom is 0.133 e. The van der Waals surface area contributed by atoms with Gasteiger partial charge < -0.3 is 4.42 Å². The van der Waals surface area contributed by atoms with E-state index in [1.807, 2.05) is 54.0 Å². The Morgan fingerprint density at radius 3 is 2.61 bits per heavy atom. The summed E-state index contributed by atoms with van der Waals surface area (Å²) in [5.41, 5.74) is 3.92. The Labute approximate surface area is 109 Å². The summed E-state index contributed by atoms with van der Waals surface area (Å²) in [5.74, 6) is 0. The molecule has 0 N–H and O–H groups in total. The van der Waals surface area contributed by atoms with Gasteiger partial charge in [0.05, 0.1) is 22.0 Å². The molecule has 0 unspecified atom stereocenters. The second-order valence-corrected chi connectivity index (χ2v) is 4.66. The van der Waals surface area contributed by atoms with Crippen LogP contribution in [0, 0.1) is 0 Å². The lowest BCUT2D eigenvalue weighted by Crippen LogP contribution is -1.61. The van der Waals surface area contributed by atoms with Crippen molar-refractivity contribution in [3.63, 3.8) is 0 Å². The van der Waals surface area contributed by atoms with Gasteiger partial charge in [0, 0.05) is 5.39 Å². The zero-order chi connectivity index (χ0) is 12.2. The third-order valence-corrected chi connectivity index (χ3v) is 3.41. The van der Waals surface area contributed by atoms with Gasteiger partial charge in [0.25, 0.3) is 0 Å². The highest BCUT2D eigenvalue weighted by molar-refractivity contribution is 7.16. The summed E-state index contributed by atoms with van der Waals surface area (Å²) < 4.78 is 6.38. The molecule has 2 nitrogen and oxygen atoms in total. The maximum absolute atomic E-state index is 5.12. The van der Waals surface area contributed by atoms with Gasteiger partial charge in [-0.3, -0.25) is 0 Å². The van der Waals surface area contributed by atoms with Crippen LogP contribution in [-0.4, -0.2) is 4.98 Å². The molecule has 0 radical (unpaired) electrons. The van der Waals surface area contributed by atoms with Crippen LogP contribution in [0.4, 0.5) is 0 Å². The summed E-state index contributed by atoms with van der Waals surface area (Å²) in [5, 5.41) is 1.16. The zero-order valence-electron chi connectivity index (χ0n) is 9.61. The predicted molar refractivity (Wildman–Crippen MR) is 75.8 cm³/mol. The molecule has 4 aromatic rings. The van der Waals surface area contributed by atoms with E-state index >= 15 is 0 Å². The van der Waals surface area contributed by atoms with Crippen LogP contribution >= 0.6 is 11.3 Å². The highest BCUT2D eigenvalue weighted by Gasteiger charge is 1.90. The SMILES string of the molecule is c1ccc2occc2c1.c1ccc2scnc2c1. The van der Waals surface area contributed by atoms with Crippen molar-refractivity contribution in [3.05, 3.63) is 66.4 Å². The topological polar surface area (TPSA) is 26.0 Å². The van der Waals surface area contributed by atoms with Gasteiger partial charge in [0.1, 0.15) is 5.58 Å². The van der Waals surface area contributed by atoms with Gasteiger partial charge in [-0.15, -0.1) is 11.3 Å². The Bertz CT molecular complexity index is 630.